The normalized spacial score (nSPS) is 11.1. The molecule has 0 fully saturated rings. The summed E-state index contributed by atoms with van der Waals surface area (Å²) in [4.78, 5) is 12.1. The molecular weight excluding hydrogens is 456 g/mol. The molecule has 0 atom stereocenters. The first kappa shape index (κ1) is 31.9. The van der Waals surface area contributed by atoms with Crippen LogP contribution >= 0.6 is 0 Å². The van der Waals surface area contributed by atoms with E-state index >= 15 is 0 Å². The van der Waals surface area contributed by atoms with Gasteiger partial charge in [0.15, 0.2) is 11.5 Å². The number of hydrogen-bond acceptors (Lipinski definition) is 5. The lowest BCUT2D eigenvalue weighted by atomic mass is 9.97. The molecule has 3 N–H and O–H groups in total. The summed E-state index contributed by atoms with van der Waals surface area (Å²) in [6.45, 7) is 7.34. The fourth-order valence-corrected chi connectivity index (χ4v) is 4.50. The number of carboxylic acid groups (broad SMARTS) is 1. The molecule has 0 heterocycles. The molecule has 36 heavy (non-hydrogen) atoms. The number of ether oxygens (including phenoxy) is 2. The van der Waals surface area contributed by atoms with Crippen molar-refractivity contribution in [1.82, 2.24) is 0 Å². The first-order valence-corrected chi connectivity index (χ1v) is 14.6. The number of unbranched alkanes of at least 4 members (excludes halogenated alkanes) is 14. The average molecular weight is 509 g/mol. The fourth-order valence-electron chi connectivity index (χ4n) is 4.50. The molecule has 0 spiro atoms. The number of phenolic OH excluding ortho intramolecular Hbond substituents is 1. The molecule has 0 radical (unpaired) electrons. The summed E-state index contributed by atoms with van der Waals surface area (Å²) < 4.78 is 12.1. The van der Waals surface area contributed by atoms with E-state index in [2.05, 4.69) is 20.8 Å². The van der Waals surface area contributed by atoms with Gasteiger partial charge < -0.3 is 24.8 Å². The third-order valence-electron chi connectivity index (χ3n) is 6.69. The van der Waals surface area contributed by atoms with Crippen molar-refractivity contribution in [1.29, 1.82) is 0 Å². The second-order valence-corrected chi connectivity index (χ2v) is 9.91. The molecule has 0 aromatic heterocycles. The lowest BCUT2D eigenvalue weighted by Gasteiger charge is -2.21. The Hall–Kier alpha value is -2.11. The summed E-state index contributed by atoms with van der Waals surface area (Å²) in [5.74, 6) is -2.06. The molecule has 0 aliphatic carbocycles. The molecule has 0 bridgehead atoms. The largest absolute Gasteiger partial charge is 0.504 e. The summed E-state index contributed by atoms with van der Waals surface area (Å²) in [5.41, 5.74) is 0.163. The van der Waals surface area contributed by atoms with Gasteiger partial charge in [-0.25, -0.2) is 4.79 Å². The molecule has 0 amide bonds. The van der Waals surface area contributed by atoms with Crippen molar-refractivity contribution in [2.24, 2.45) is 0 Å². The molecule has 1 aromatic rings. The molecule has 1 aromatic carbocycles. The van der Waals surface area contributed by atoms with Crippen molar-refractivity contribution in [3.63, 3.8) is 0 Å². The van der Waals surface area contributed by atoms with Crippen LogP contribution in [0.15, 0.2) is 0 Å². The van der Waals surface area contributed by atoms with Crippen LogP contribution in [-0.4, -0.2) is 34.5 Å². The minimum atomic E-state index is -1.26. The van der Waals surface area contributed by atoms with Crippen molar-refractivity contribution in [2.45, 2.75) is 136 Å². The van der Waals surface area contributed by atoms with Gasteiger partial charge in [0, 0.05) is 5.56 Å². The van der Waals surface area contributed by atoms with Crippen molar-refractivity contribution in [3.05, 3.63) is 11.1 Å². The summed E-state index contributed by atoms with van der Waals surface area (Å²) in [6, 6.07) is 0. The Morgan fingerprint density at radius 3 is 1.47 bits per heavy atom. The van der Waals surface area contributed by atoms with Crippen molar-refractivity contribution < 1.29 is 29.6 Å². The maximum atomic E-state index is 12.1. The van der Waals surface area contributed by atoms with Crippen molar-refractivity contribution in [2.75, 3.05) is 13.2 Å². The maximum absolute atomic E-state index is 12.1. The number of carbonyl (C=O) groups is 1. The van der Waals surface area contributed by atoms with E-state index in [-0.39, 0.29) is 17.1 Å². The quantitative estimate of drug-likeness (QED) is 0.101. The Morgan fingerprint density at radius 2 is 1.00 bits per heavy atom. The van der Waals surface area contributed by atoms with Crippen LogP contribution in [0.2, 0.25) is 0 Å². The van der Waals surface area contributed by atoms with Crippen LogP contribution in [0.25, 0.3) is 0 Å². The Balaban J connectivity index is 3.07. The topological polar surface area (TPSA) is 96.2 Å². The van der Waals surface area contributed by atoms with Gasteiger partial charge in [0.1, 0.15) is 5.56 Å². The number of phenols is 2. The van der Waals surface area contributed by atoms with E-state index in [1.54, 1.807) is 0 Å². The number of benzene rings is 1. The van der Waals surface area contributed by atoms with Gasteiger partial charge in [-0.1, -0.05) is 111 Å². The molecule has 6 nitrogen and oxygen atoms in total. The first-order valence-electron chi connectivity index (χ1n) is 14.6. The van der Waals surface area contributed by atoms with Gasteiger partial charge in [-0.05, 0) is 25.7 Å². The highest BCUT2D eigenvalue weighted by Crippen LogP contribution is 2.49. The van der Waals surface area contributed by atoms with E-state index in [9.17, 15) is 20.1 Å². The molecule has 6 heteroatoms. The monoisotopic (exact) mass is 508 g/mol. The maximum Gasteiger partial charge on any atom is 0.340 e. The Morgan fingerprint density at radius 1 is 0.583 bits per heavy atom. The molecule has 208 valence electrons. The van der Waals surface area contributed by atoms with E-state index in [1.165, 1.54) is 38.5 Å². The van der Waals surface area contributed by atoms with E-state index in [0.29, 0.717) is 25.2 Å². The second kappa shape index (κ2) is 20.0. The summed E-state index contributed by atoms with van der Waals surface area (Å²) >= 11 is 0. The Labute approximate surface area is 219 Å². The SMILES string of the molecule is CCCCCCCCCc1c(OCCCCCCC)c(OCCCCCCC)c(O)c(O)c1C(=O)O. The molecule has 0 saturated carbocycles. The Kier molecular flexibility index (Phi) is 17.7. The minimum absolute atomic E-state index is 0.0829. The molecular formula is C30H52O6. The van der Waals surface area contributed by atoms with E-state index < -0.39 is 17.5 Å². The zero-order valence-corrected chi connectivity index (χ0v) is 23.2. The van der Waals surface area contributed by atoms with Crippen molar-refractivity contribution in [3.8, 4) is 23.0 Å². The molecule has 0 saturated heterocycles. The number of rotatable bonds is 23. The van der Waals surface area contributed by atoms with E-state index in [1.807, 2.05) is 0 Å². The van der Waals surface area contributed by atoms with Gasteiger partial charge in [-0.15, -0.1) is 0 Å². The molecule has 0 unspecified atom stereocenters. The smallest absolute Gasteiger partial charge is 0.340 e. The third-order valence-corrected chi connectivity index (χ3v) is 6.69. The second-order valence-electron chi connectivity index (χ2n) is 9.91. The third kappa shape index (κ3) is 11.7. The molecule has 0 aliphatic heterocycles. The fraction of sp³-hybridized carbons (Fsp3) is 0.767. The van der Waals surface area contributed by atoms with Gasteiger partial charge in [-0.3, -0.25) is 0 Å². The number of hydrogen-bond donors (Lipinski definition) is 3. The number of aromatic carboxylic acids is 1. The van der Waals surface area contributed by atoms with E-state index in [4.69, 9.17) is 9.47 Å². The van der Waals surface area contributed by atoms with Crippen LogP contribution in [0.5, 0.6) is 23.0 Å². The van der Waals surface area contributed by atoms with Gasteiger partial charge >= 0.3 is 5.97 Å². The average Bonchev–Trinajstić information content (AvgIpc) is 2.86. The highest BCUT2D eigenvalue weighted by molar-refractivity contribution is 5.96. The van der Waals surface area contributed by atoms with Gasteiger partial charge in [0.2, 0.25) is 11.5 Å². The number of aromatic hydroxyl groups is 2. The molecule has 1 rings (SSSR count). The number of carboxylic acids is 1. The minimum Gasteiger partial charge on any atom is -0.504 e. The lowest BCUT2D eigenvalue weighted by Crippen LogP contribution is -2.11. The van der Waals surface area contributed by atoms with Crippen LogP contribution in [-0.2, 0) is 6.42 Å². The first-order chi connectivity index (χ1) is 17.5. The van der Waals surface area contributed by atoms with Crippen molar-refractivity contribution >= 4 is 5.97 Å². The highest BCUT2D eigenvalue weighted by Gasteiger charge is 2.29. The summed E-state index contributed by atoms with van der Waals surface area (Å²) in [5, 5.41) is 31.2. The Bertz CT molecular complexity index is 731. The highest BCUT2D eigenvalue weighted by atomic mass is 16.5. The van der Waals surface area contributed by atoms with Crippen LogP contribution in [0.1, 0.15) is 146 Å². The van der Waals surface area contributed by atoms with E-state index in [0.717, 1.165) is 70.6 Å². The lowest BCUT2D eigenvalue weighted by molar-refractivity contribution is 0.0690. The van der Waals surface area contributed by atoms with Crippen LogP contribution in [0.4, 0.5) is 0 Å². The molecule has 0 aliphatic rings. The predicted octanol–water partition coefficient (Wildman–Crippen LogP) is 8.79. The van der Waals surface area contributed by atoms with Gasteiger partial charge in [0.25, 0.3) is 0 Å². The van der Waals surface area contributed by atoms with Crippen LogP contribution < -0.4 is 9.47 Å². The predicted molar refractivity (Wildman–Crippen MR) is 147 cm³/mol. The van der Waals surface area contributed by atoms with Crippen LogP contribution in [0.3, 0.4) is 0 Å². The standard InChI is InChI=1S/C30H52O6/c1-4-7-10-13-14-15-18-21-24-25(30(33)34)26(31)27(32)29(36-23-20-17-12-9-6-3)28(24)35-22-19-16-11-8-5-2/h31-32H,4-23H2,1-3H3,(H,33,34). The van der Waals surface area contributed by atoms with Gasteiger partial charge in [-0.2, -0.15) is 0 Å². The summed E-state index contributed by atoms with van der Waals surface area (Å²) in [6.07, 6.45) is 18.8. The summed E-state index contributed by atoms with van der Waals surface area (Å²) in [7, 11) is 0. The zero-order chi connectivity index (χ0) is 26.6. The zero-order valence-electron chi connectivity index (χ0n) is 23.2. The van der Waals surface area contributed by atoms with Crippen LogP contribution in [0, 0.1) is 0 Å². The van der Waals surface area contributed by atoms with Gasteiger partial charge in [0.05, 0.1) is 13.2 Å².